The fraction of sp³-hybridized carbons (Fsp3) is 1.00. The van der Waals surface area contributed by atoms with E-state index in [2.05, 4.69) is 32.6 Å². The number of nitrogens with two attached hydrogens (primary N) is 1. The van der Waals surface area contributed by atoms with Gasteiger partial charge in [-0.05, 0) is 50.2 Å². The van der Waals surface area contributed by atoms with Crippen LogP contribution in [0, 0.1) is 11.3 Å². The van der Waals surface area contributed by atoms with Crippen molar-refractivity contribution in [1.82, 2.24) is 4.90 Å². The Morgan fingerprint density at radius 3 is 2.44 bits per heavy atom. The molecule has 0 aromatic heterocycles. The van der Waals surface area contributed by atoms with E-state index < -0.39 is 0 Å². The lowest BCUT2D eigenvalue weighted by Gasteiger charge is -2.38. The maximum Gasteiger partial charge on any atom is 0.0140 e. The van der Waals surface area contributed by atoms with Crippen molar-refractivity contribution in [3.8, 4) is 0 Å². The van der Waals surface area contributed by atoms with E-state index >= 15 is 0 Å². The van der Waals surface area contributed by atoms with E-state index in [1.54, 1.807) is 0 Å². The van der Waals surface area contributed by atoms with Crippen LogP contribution in [-0.4, -0.2) is 30.6 Å². The minimum Gasteiger partial charge on any atom is -0.330 e. The zero-order valence-corrected chi connectivity index (χ0v) is 11.6. The third-order valence-corrected chi connectivity index (χ3v) is 3.81. The smallest absolute Gasteiger partial charge is 0.0140 e. The molecule has 1 aliphatic rings. The Kier molecular flexibility index (Phi) is 5.26. The van der Waals surface area contributed by atoms with Crippen molar-refractivity contribution in [3.05, 3.63) is 0 Å². The molecule has 2 atom stereocenters. The maximum atomic E-state index is 5.97. The molecule has 2 heteroatoms. The average molecular weight is 226 g/mol. The second kappa shape index (κ2) is 6.02. The van der Waals surface area contributed by atoms with Gasteiger partial charge in [0.15, 0.2) is 0 Å². The lowest BCUT2D eigenvalue weighted by molar-refractivity contribution is 0.119. The van der Waals surface area contributed by atoms with Crippen molar-refractivity contribution in [2.24, 2.45) is 17.1 Å². The molecule has 0 bridgehead atoms. The second-order valence-corrected chi connectivity index (χ2v) is 6.45. The molecule has 1 fully saturated rings. The van der Waals surface area contributed by atoms with Crippen molar-refractivity contribution in [1.29, 1.82) is 0 Å². The van der Waals surface area contributed by atoms with Crippen LogP contribution in [0.25, 0.3) is 0 Å². The first-order valence-corrected chi connectivity index (χ1v) is 6.92. The number of hydrogen-bond donors (Lipinski definition) is 1. The second-order valence-electron chi connectivity index (χ2n) is 6.45. The molecule has 0 radical (unpaired) electrons. The Hall–Kier alpha value is -0.0800. The van der Waals surface area contributed by atoms with Crippen molar-refractivity contribution in [2.75, 3.05) is 19.6 Å². The molecule has 0 unspecified atom stereocenters. The van der Waals surface area contributed by atoms with Gasteiger partial charge in [-0.2, -0.15) is 0 Å². The maximum absolute atomic E-state index is 5.97. The van der Waals surface area contributed by atoms with Gasteiger partial charge in [0.05, 0.1) is 0 Å². The number of hydrogen-bond acceptors (Lipinski definition) is 2. The van der Waals surface area contributed by atoms with Crippen LogP contribution in [-0.2, 0) is 0 Å². The Bertz CT molecular complexity index is 181. The number of nitrogens with zero attached hydrogens (tertiary/aromatic N) is 1. The summed E-state index contributed by atoms with van der Waals surface area (Å²) in [6.45, 7) is 12.6. The summed E-state index contributed by atoms with van der Waals surface area (Å²) >= 11 is 0. The molecule has 0 aliphatic carbocycles. The molecule has 16 heavy (non-hydrogen) atoms. The molecule has 96 valence electrons. The summed E-state index contributed by atoms with van der Waals surface area (Å²) in [6.07, 6.45) is 5.32. The van der Waals surface area contributed by atoms with E-state index in [1.807, 2.05) is 0 Å². The van der Waals surface area contributed by atoms with Gasteiger partial charge < -0.3 is 10.6 Å². The molecular weight excluding hydrogens is 196 g/mol. The van der Waals surface area contributed by atoms with Gasteiger partial charge in [-0.15, -0.1) is 0 Å². The van der Waals surface area contributed by atoms with E-state index in [1.165, 1.54) is 38.8 Å². The molecule has 1 saturated heterocycles. The van der Waals surface area contributed by atoms with Crippen LogP contribution in [0.1, 0.15) is 53.4 Å². The summed E-state index contributed by atoms with van der Waals surface area (Å²) in [5.74, 6) is 0.710. The minimum atomic E-state index is 0.413. The van der Waals surface area contributed by atoms with Crippen molar-refractivity contribution < 1.29 is 0 Å². The summed E-state index contributed by atoms with van der Waals surface area (Å²) in [7, 11) is 0. The van der Waals surface area contributed by atoms with Gasteiger partial charge in [0.2, 0.25) is 0 Å². The van der Waals surface area contributed by atoms with Crippen LogP contribution >= 0.6 is 0 Å². The van der Waals surface area contributed by atoms with E-state index in [0.29, 0.717) is 17.4 Å². The fourth-order valence-electron chi connectivity index (χ4n) is 2.97. The summed E-state index contributed by atoms with van der Waals surface area (Å²) in [4.78, 5) is 2.66. The Labute approximate surface area is 102 Å². The van der Waals surface area contributed by atoms with E-state index in [4.69, 9.17) is 5.73 Å². The number of likely N-dealkylation sites (tertiary alicyclic amines) is 1. The molecule has 1 aliphatic heterocycles. The molecule has 1 rings (SSSR count). The summed E-state index contributed by atoms with van der Waals surface area (Å²) in [6, 6.07) is 0.706. The van der Waals surface area contributed by atoms with Crippen LogP contribution in [0.15, 0.2) is 0 Å². The monoisotopic (exact) mass is 226 g/mol. The zero-order valence-electron chi connectivity index (χ0n) is 11.6. The number of rotatable bonds is 3. The SMILES string of the molecule is CCN1CCCC[C@H](CN)[C@H]1CC(C)(C)C. The standard InChI is InChI=1S/C14H30N2/c1-5-16-9-7-6-8-12(11-15)13(16)10-14(2,3)4/h12-13H,5-11,15H2,1-4H3/t12-,13-/m1/s1. The highest BCUT2D eigenvalue weighted by molar-refractivity contribution is 4.86. The molecule has 0 amide bonds. The molecule has 0 saturated carbocycles. The van der Waals surface area contributed by atoms with Crippen LogP contribution in [0.5, 0.6) is 0 Å². The van der Waals surface area contributed by atoms with Gasteiger partial charge in [0, 0.05) is 6.04 Å². The molecule has 2 N–H and O–H groups in total. The Balaban J connectivity index is 2.74. The predicted octanol–water partition coefficient (Wildman–Crippen LogP) is 2.87. The van der Waals surface area contributed by atoms with Crippen LogP contribution in [0.4, 0.5) is 0 Å². The van der Waals surface area contributed by atoms with Crippen molar-refractivity contribution in [3.63, 3.8) is 0 Å². The third kappa shape index (κ3) is 4.06. The molecule has 1 heterocycles. The van der Waals surface area contributed by atoms with Gasteiger partial charge in [0.1, 0.15) is 0 Å². The molecule has 2 nitrogen and oxygen atoms in total. The first-order chi connectivity index (χ1) is 7.48. The highest BCUT2D eigenvalue weighted by atomic mass is 15.2. The predicted molar refractivity (Wildman–Crippen MR) is 71.5 cm³/mol. The van der Waals surface area contributed by atoms with E-state index in [-0.39, 0.29) is 0 Å². The quantitative estimate of drug-likeness (QED) is 0.802. The Morgan fingerprint density at radius 1 is 1.25 bits per heavy atom. The summed E-state index contributed by atoms with van der Waals surface area (Å²) in [5, 5.41) is 0. The first-order valence-electron chi connectivity index (χ1n) is 6.92. The topological polar surface area (TPSA) is 29.3 Å². The highest BCUT2D eigenvalue weighted by Crippen LogP contribution is 2.31. The van der Waals surface area contributed by atoms with Gasteiger partial charge in [0.25, 0.3) is 0 Å². The lowest BCUT2D eigenvalue weighted by Crippen LogP contribution is -2.44. The third-order valence-electron chi connectivity index (χ3n) is 3.81. The lowest BCUT2D eigenvalue weighted by atomic mass is 9.81. The van der Waals surface area contributed by atoms with Gasteiger partial charge in [-0.1, -0.05) is 34.1 Å². The van der Waals surface area contributed by atoms with Crippen molar-refractivity contribution >= 4 is 0 Å². The molecule has 0 aromatic rings. The average Bonchev–Trinajstić information content (AvgIpc) is 2.37. The summed E-state index contributed by atoms with van der Waals surface area (Å²) < 4.78 is 0. The Morgan fingerprint density at radius 2 is 1.94 bits per heavy atom. The minimum absolute atomic E-state index is 0.413. The first kappa shape index (κ1) is 14.0. The van der Waals surface area contributed by atoms with Gasteiger partial charge in [-0.3, -0.25) is 0 Å². The normalized spacial score (nSPS) is 29.1. The van der Waals surface area contributed by atoms with Crippen LogP contribution in [0.2, 0.25) is 0 Å². The molecule has 0 aromatic carbocycles. The largest absolute Gasteiger partial charge is 0.330 e. The molecular formula is C14H30N2. The van der Waals surface area contributed by atoms with Gasteiger partial charge in [-0.25, -0.2) is 0 Å². The van der Waals surface area contributed by atoms with Crippen molar-refractivity contribution in [2.45, 2.75) is 59.4 Å². The fourth-order valence-corrected chi connectivity index (χ4v) is 2.97. The highest BCUT2D eigenvalue weighted by Gasteiger charge is 2.31. The van der Waals surface area contributed by atoms with E-state index in [9.17, 15) is 0 Å². The van der Waals surface area contributed by atoms with E-state index in [0.717, 1.165) is 6.54 Å². The van der Waals surface area contributed by atoms with Crippen LogP contribution in [0.3, 0.4) is 0 Å². The van der Waals surface area contributed by atoms with Crippen LogP contribution < -0.4 is 5.73 Å². The van der Waals surface area contributed by atoms with Gasteiger partial charge >= 0.3 is 0 Å². The molecule has 0 spiro atoms. The summed E-state index contributed by atoms with van der Waals surface area (Å²) in [5.41, 5.74) is 6.38. The zero-order chi connectivity index (χ0) is 12.2.